The number of nitrogens with two attached hydrogens (primary N) is 1. The van der Waals surface area contributed by atoms with Crippen LogP contribution in [0.3, 0.4) is 0 Å². The first kappa shape index (κ1) is 90.4. The van der Waals surface area contributed by atoms with Crippen LogP contribution in [0.15, 0.2) is 263 Å². The Morgan fingerprint density at radius 3 is 0.984 bits per heavy atom. The summed E-state index contributed by atoms with van der Waals surface area (Å²) < 4.78 is 98.7. The summed E-state index contributed by atoms with van der Waals surface area (Å²) in [5.74, 6) is -1.07. The number of nitrogens with zero attached hydrogens (tertiary/aromatic N) is 8. The molecule has 0 aliphatic heterocycles. The molecular formula is C94H113N17O12S4. The van der Waals surface area contributed by atoms with E-state index in [1.165, 1.54) is 0 Å². The number of aryl methyl sites for hydroxylation is 3. The summed E-state index contributed by atoms with van der Waals surface area (Å²) in [5, 5.41) is 9.59. The molecule has 0 saturated heterocycles. The molecule has 16 rings (SSSR count). The second-order valence-corrected chi connectivity index (χ2v) is 41.1. The van der Waals surface area contributed by atoms with E-state index in [1.807, 2.05) is 93.6 Å². The number of hydrogen-bond donors (Lipinski definition) is 9. The maximum atomic E-state index is 12.8. The fourth-order valence-corrected chi connectivity index (χ4v) is 17.3. The summed E-state index contributed by atoms with van der Waals surface area (Å²) in [6, 6.07) is 56.8. The molecule has 0 unspecified atom stereocenters. The Hall–Kier alpha value is -14.3. The molecule has 4 amide bonds. The molecule has 0 radical (unpaired) electrons. The third-order valence-electron chi connectivity index (χ3n) is 20.9. The molecule has 33 heteroatoms. The van der Waals surface area contributed by atoms with Crippen molar-refractivity contribution in [2.75, 3.05) is 11.1 Å². The highest BCUT2D eigenvalue weighted by atomic mass is 32.2. The number of sulfone groups is 4. The Bertz CT molecular complexity index is 7300. The molecule has 0 bridgehead atoms. The lowest BCUT2D eigenvalue weighted by Crippen LogP contribution is -2.23. The van der Waals surface area contributed by atoms with Crippen molar-refractivity contribution in [3.05, 3.63) is 299 Å². The third-order valence-corrected chi connectivity index (χ3v) is 29.6. The Morgan fingerprint density at radius 1 is 0.346 bits per heavy atom. The van der Waals surface area contributed by atoms with Gasteiger partial charge in [0.2, 0.25) is 0 Å². The van der Waals surface area contributed by atoms with Crippen LogP contribution in [0.25, 0.3) is 89.7 Å². The van der Waals surface area contributed by atoms with Gasteiger partial charge < -0.3 is 46.9 Å². The van der Waals surface area contributed by atoms with Crippen molar-refractivity contribution in [2.24, 2.45) is 0 Å². The monoisotopic (exact) mass is 1800 g/mol. The van der Waals surface area contributed by atoms with E-state index in [4.69, 9.17) is 5.73 Å². The van der Waals surface area contributed by atoms with E-state index in [0.29, 0.717) is 132 Å². The summed E-state index contributed by atoms with van der Waals surface area (Å²) in [6.45, 7) is 20.5. The van der Waals surface area contributed by atoms with E-state index in [2.05, 4.69) is 81.1 Å². The Balaban J connectivity index is 0.000000459. The average Bonchev–Trinajstić information content (AvgIpc) is 1.70. The van der Waals surface area contributed by atoms with Crippen LogP contribution in [-0.4, -0.2) is 138 Å². The number of amides is 4. The number of aromatic amines is 4. The number of carbonyl (C=O) groups excluding carboxylic acids is 4. The molecule has 0 aliphatic rings. The number of nitrogens with one attached hydrogen (secondary N) is 8. The molecule has 0 saturated carbocycles. The molecule has 29 nitrogen and oxygen atoms in total. The number of carbonyl (C=O) groups is 4. The lowest BCUT2D eigenvalue weighted by atomic mass is 10.1. The predicted octanol–water partition coefficient (Wildman–Crippen LogP) is 18.2. The second-order valence-electron chi connectivity index (χ2n) is 31.1. The van der Waals surface area contributed by atoms with Crippen LogP contribution in [0.1, 0.15) is 144 Å². The first-order chi connectivity index (χ1) is 60.5. The molecule has 0 fully saturated rings. The predicted molar refractivity (Wildman–Crippen MR) is 514 cm³/mol. The number of aromatic nitrogens is 12. The van der Waals surface area contributed by atoms with Gasteiger partial charge in [-0.25, -0.2) is 73.5 Å². The van der Waals surface area contributed by atoms with Crippen molar-refractivity contribution in [3.8, 4) is 45.0 Å². The van der Waals surface area contributed by atoms with E-state index in [1.54, 1.807) is 226 Å². The zero-order chi connectivity index (χ0) is 90.8. The molecule has 8 aromatic carbocycles. The van der Waals surface area contributed by atoms with Crippen LogP contribution in [0, 0.1) is 20.8 Å². The molecular weight excluding hydrogens is 1690 g/mol. The SMILES string of the molecule is CC(C)S(=O)(=O)c1ccc(-c2cnc3[nH]cc(C(=O)Nc4ccc(N)cc4)c3n2)cc1.Cc1ccc(CNC(=O)c2c[nH]c3ncc(-c4ccc(S(=O)(=O)C(C)C)cc4)nc23)cc1.Cc1cccc(CNC(=O)c2c[nH]c3ncc(-c4ccc(S(=O)(=O)C(C)C)cc4)nc23)c1.Cc1ccccc1CNC(=O)c1c[nH]c2ncc(-c3ccc(S(=O)(=O)C(C)C)cc3)nc12.[HH].[HH].[HH].[HH].[HH].[HH].[HH].[HH].[HH].[HH]. The number of fused-ring (bicyclic) bond motifs is 4. The van der Waals surface area contributed by atoms with Crippen molar-refractivity contribution in [3.63, 3.8) is 0 Å². The zero-order valence-electron chi connectivity index (χ0n) is 71.2. The molecule has 0 aliphatic carbocycles. The largest absolute Gasteiger partial charge is 0.399 e. The van der Waals surface area contributed by atoms with Gasteiger partial charge in [0.15, 0.2) is 61.9 Å². The molecule has 16 aromatic rings. The standard InChI is InChI=1S/3C24H24N4O3S.C22H21N5O3S.10H2/c1-15(2)32(30,31)19-10-8-18(9-11-19)21-14-26-23-22(28-21)20(13-25-23)24(29)27-12-17-6-4-16(3)5-7-17;1-15(2)32(30,31)19-9-7-18(8-10-19)21-14-26-23-22(28-21)20(13-25-23)24(29)27-12-17-6-4-5-16(3)11-17;1-15(2)32(30,31)19-10-8-17(9-11-19)21-14-26-23-22(28-21)20(13-25-23)24(29)27-12-18-7-5-4-6-16(18)3;1-13(2)31(29,30)17-9-3-14(4-10-17)19-12-25-21-20(27-19)18(11-24-21)22(28)26-16-7-5-15(23)6-8-16;;;;;;;;;;/h3*4-11,13-15H,12H2,1-3H3,(H,25,26)(H,27,29);3-13H,23H2,1-2H3,(H,24,25)(H,26,28);10*1H. The fraction of sp³-hybridized carbons (Fsp3) is 0.191. The smallest absolute Gasteiger partial charge is 0.259 e. The van der Waals surface area contributed by atoms with Crippen molar-refractivity contribution in [2.45, 2.75) is 136 Å². The van der Waals surface area contributed by atoms with E-state index in [9.17, 15) is 52.8 Å². The second kappa shape index (κ2) is 38.5. The Kier molecular flexibility index (Phi) is 27.4. The van der Waals surface area contributed by atoms with E-state index >= 15 is 0 Å². The highest BCUT2D eigenvalue weighted by molar-refractivity contribution is 7.92. The zero-order valence-corrected chi connectivity index (χ0v) is 74.5. The van der Waals surface area contributed by atoms with Gasteiger partial charge in [-0.2, -0.15) is 0 Å². The number of anilines is 2. The van der Waals surface area contributed by atoms with Crippen molar-refractivity contribution < 1.29 is 67.1 Å². The third kappa shape index (κ3) is 20.9. The summed E-state index contributed by atoms with van der Waals surface area (Å²) >= 11 is 0. The van der Waals surface area contributed by atoms with Gasteiger partial charge in [-0.3, -0.25) is 19.2 Å². The molecule has 127 heavy (non-hydrogen) atoms. The lowest BCUT2D eigenvalue weighted by molar-refractivity contribution is 0.0944. The summed E-state index contributed by atoms with van der Waals surface area (Å²) in [7, 11) is -13.4. The molecule has 8 heterocycles. The summed E-state index contributed by atoms with van der Waals surface area (Å²) in [5.41, 5.74) is 23.8. The first-order valence-electron chi connectivity index (χ1n) is 40.4. The quantitative estimate of drug-likeness (QED) is 0.0269. The Morgan fingerprint density at radius 2 is 0.661 bits per heavy atom. The Labute approximate surface area is 749 Å². The van der Waals surface area contributed by atoms with Gasteiger partial charge in [0.25, 0.3) is 23.6 Å². The van der Waals surface area contributed by atoms with Crippen LogP contribution < -0.4 is 27.0 Å². The summed E-state index contributed by atoms with van der Waals surface area (Å²) in [6.07, 6.45) is 12.7. The number of rotatable bonds is 23. The molecule has 0 atom stereocenters. The first-order valence-corrected chi connectivity index (χ1v) is 46.6. The van der Waals surface area contributed by atoms with E-state index < -0.39 is 60.3 Å². The van der Waals surface area contributed by atoms with Crippen LogP contribution in [0.4, 0.5) is 11.4 Å². The maximum absolute atomic E-state index is 12.8. The van der Waals surface area contributed by atoms with Crippen LogP contribution in [0.2, 0.25) is 0 Å². The molecule has 8 aromatic heterocycles. The maximum Gasteiger partial charge on any atom is 0.259 e. The lowest BCUT2D eigenvalue weighted by Gasteiger charge is -2.09. The van der Waals surface area contributed by atoms with E-state index in [-0.39, 0.29) is 57.5 Å². The molecule has 0 spiro atoms. The minimum absolute atomic E-state index is 0. The van der Waals surface area contributed by atoms with Gasteiger partial charge in [0.05, 0.1) is 110 Å². The topological polar surface area (TPSA) is 445 Å². The van der Waals surface area contributed by atoms with Gasteiger partial charge >= 0.3 is 0 Å². The minimum Gasteiger partial charge on any atom is -0.399 e. The minimum atomic E-state index is -3.35. The average molecular weight is 1800 g/mol. The molecule has 10 N–H and O–H groups in total. The molecule has 670 valence electrons. The van der Waals surface area contributed by atoms with Gasteiger partial charge in [-0.05, 0) is 171 Å². The number of benzene rings is 8. The van der Waals surface area contributed by atoms with Gasteiger partial charge in [-0.15, -0.1) is 0 Å². The van der Waals surface area contributed by atoms with Crippen LogP contribution in [0.5, 0.6) is 0 Å². The van der Waals surface area contributed by atoms with Crippen molar-refractivity contribution in [1.82, 2.24) is 75.8 Å². The number of hydrogen-bond acceptors (Lipinski definition) is 21. The van der Waals surface area contributed by atoms with Crippen molar-refractivity contribution in [1.29, 1.82) is 0 Å². The van der Waals surface area contributed by atoms with Gasteiger partial charge in [-0.1, -0.05) is 132 Å². The fourth-order valence-electron chi connectivity index (χ4n) is 13.1. The number of nitrogen functional groups attached to an aromatic ring is 1. The van der Waals surface area contributed by atoms with Crippen LogP contribution in [-0.2, 0) is 59.0 Å². The van der Waals surface area contributed by atoms with E-state index in [0.717, 1.165) is 44.5 Å². The van der Waals surface area contributed by atoms with Crippen LogP contribution >= 0.6 is 0 Å². The van der Waals surface area contributed by atoms with Gasteiger partial charge in [0.1, 0.15) is 22.1 Å². The van der Waals surface area contributed by atoms with Gasteiger partial charge in [0, 0.05) is 92.3 Å². The highest BCUT2D eigenvalue weighted by Gasteiger charge is 2.26. The summed E-state index contributed by atoms with van der Waals surface area (Å²) in [4.78, 5) is 100.0. The number of H-pyrrole nitrogens is 4. The van der Waals surface area contributed by atoms with Crippen molar-refractivity contribution >= 4 is 119 Å². The highest BCUT2D eigenvalue weighted by Crippen LogP contribution is 2.31. The normalized spacial score (nSPS) is 11.7.